The third kappa shape index (κ3) is 3.31. The van der Waals surface area contributed by atoms with E-state index in [1.165, 1.54) is 11.1 Å². The molecule has 2 aromatic rings. The predicted octanol–water partition coefficient (Wildman–Crippen LogP) is 1.44. The van der Waals surface area contributed by atoms with Gasteiger partial charge < -0.3 is 15.6 Å². The number of benzene rings is 1. The van der Waals surface area contributed by atoms with E-state index < -0.39 is 0 Å². The van der Waals surface area contributed by atoms with Crippen LogP contribution in [-0.2, 0) is 13.5 Å². The van der Waals surface area contributed by atoms with Crippen molar-refractivity contribution in [1.82, 2.24) is 14.9 Å². The minimum absolute atomic E-state index is 0.280. The summed E-state index contributed by atoms with van der Waals surface area (Å²) in [6, 6.07) is 6.77. The molecule has 0 aliphatic heterocycles. The van der Waals surface area contributed by atoms with Crippen LogP contribution in [0.3, 0.4) is 0 Å². The van der Waals surface area contributed by atoms with Gasteiger partial charge in [-0.15, -0.1) is 0 Å². The fourth-order valence-corrected chi connectivity index (χ4v) is 2.02. The number of fused-ring (bicyclic) bond motifs is 1. The van der Waals surface area contributed by atoms with Gasteiger partial charge in [0.25, 0.3) is 0 Å². The van der Waals surface area contributed by atoms with Crippen molar-refractivity contribution in [3.05, 3.63) is 30.1 Å². The van der Waals surface area contributed by atoms with Crippen molar-refractivity contribution in [1.29, 1.82) is 0 Å². The highest BCUT2D eigenvalue weighted by Crippen LogP contribution is 2.13. The van der Waals surface area contributed by atoms with E-state index >= 15 is 0 Å². The van der Waals surface area contributed by atoms with Gasteiger partial charge in [-0.2, -0.15) is 0 Å². The summed E-state index contributed by atoms with van der Waals surface area (Å²) in [4.78, 5) is 4.37. The minimum Gasteiger partial charge on any atom is -0.334 e. The summed E-state index contributed by atoms with van der Waals surface area (Å²) in [5, 5.41) is 3.41. The van der Waals surface area contributed by atoms with Gasteiger partial charge in [0.1, 0.15) is 0 Å². The van der Waals surface area contributed by atoms with E-state index in [0.29, 0.717) is 0 Å². The van der Waals surface area contributed by atoms with Crippen LogP contribution in [0.4, 0.5) is 0 Å². The van der Waals surface area contributed by atoms with Gasteiger partial charge in [0, 0.05) is 13.1 Å². The molecule has 1 aromatic heterocycles. The van der Waals surface area contributed by atoms with Crippen LogP contribution in [0.15, 0.2) is 24.5 Å². The molecule has 1 aromatic carbocycles. The van der Waals surface area contributed by atoms with Crippen LogP contribution in [0, 0.1) is 0 Å². The zero-order valence-electron chi connectivity index (χ0n) is 11.2. The number of imidazole rings is 1. The highest BCUT2D eigenvalue weighted by molar-refractivity contribution is 5.75. The molecule has 0 fully saturated rings. The molecule has 98 valence electrons. The number of hydrogen-bond acceptors (Lipinski definition) is 3. The Morgan fingerprint density at radius 1 is 1.39 bits per heavy atom. The zero-order valence-corrected chi connectivity index (χ0v) is 11.2. The molecule has 0 radical (unpaired) electrons. The number of rotatable bonds is 6. The standard InChI is InChI=1S/C14H22N4/c1-11(15)5-7-16-8-6-12-3-4-14-13(9-12)17-10-18(14)2/h3-4,9-11,16H,5-8,15H2,1-2H3. The van der Waals surface area contributed by atoms with Gasteiger partial charge in [-0.1, -0.05) is 6.07 Å². The first-order chi connectivity index (χ1) is 8.66. The Labute approximate surface area is 108 Å². The van der Waals surface area contributed by atoms with Gasteiger partial charge in [-0.05, 0) is 50.6 Å². The molecule has 18 heavy (non-hydrogen) atoms. The molecular weight excluding hydrogens is 224 g/mol. The second-order valence-electron chi connectivity index (χ2n) is 4.94. The Balaban J connectivity index is 1.84. The first-order valence-electron chi connectivity index (χ1n) is 6.53. The molecule has 0 aliphatic carbocycles. The van der Waals surface area contributed by atoms with Crippen molar-refractivity contribution in [2.45, 2.75) is 25.8 Å². The van der Waals surface area contributed by atoms with Crippen LogP contribution in [0.25, 0.3) is 11.0 Å². The minimum atomic E-state index is 0.280. The molecule has 1 heterocycles. The van der Waals surface area contributed by atoms with E-state index in [-0.39, 0.29) is 6.04 Å². The van der Waals surface area contributed by atoms with Crippen LogP contribution in [0.5, 0.6) is 0 Å². The Morgan fingerprint density at radius 3 is 3.00 bits per heavy atom. The lowest BCUT2D eigenvalue weighted by atomic mass is 10.1. The average molecular weight is 246 g/mol. The summed E-state index contributed by atoms with van der Waals surface area (Å²) >= 11 is 0. The smallest absolute Gasteiger partial charge is 0.0955 e. The Kier molecular flexibility index (Phi) is 4.33. The number of nitrogens with one attached hydrogen (secondary N) is 1. The van der Waals surface area contributed by atoms with E-state index in [1.807, 2.05) is 24.9 Å². The molecule has 0 saturated carbocycles. The van der Waals surface area contributed by atoms with E-state index in [9.17, 15) is 0 Å². The molecule has 0 aliphatic rings. The van der Waals surface area contributed by atoms with Gasteiger partial charge in [0.05, 0.1) is 17.4 Å². The summed E-state index contributed by atoms with van der Waals surface area (Å²) < 4.78 is 2.04. The summed E-state index contributed by atoms with van der Waals surface area (Å²) in [5.41, 5.74) is 9.29. The summed E-state index contributed by atoms with van der Waals surface area (Å²) in [6.07, 6.45) is 3.92. The van der Waals surface area contributed by atoms with Gasteiger partial charge in [0.15, 0.2) is 0 Å². The molecule has 0 spiro atoms. The van der Waals surface area contributed by atoms with Gasteiger partial charge in [0.2, 0.25) is 0 Å². The Bertz CT molecular complexity index is 501. The highest BCUT2D eigenvalue weighted by Gasteiger charge is 2.01. The first-order valence-corrected chi connectivity index (χ1v) is 6.53. The van der Waals surface area contributed by atoms with Crippen LogP contribution in [-0.4, -0.2) is 28.7 Å². The fraction of sp³-hybridized carbons (Fsp3) is 0.500. The van der Waals surface area contributed by atoms with Gasteiger partial charge >= 0.3 is 0 Å². The van der Waals surface area contributed by atoms with Crippen LogP contribution >= 0.6 is 0 Å². The average Bonchev–Trinajstić information content (AvgIpc) is 2.70. The van der Waals surface area contributed by atoms with Crippen molar-refractivity contribution in [3.63, 3.8) is 0 Å². The number of hydrogen-bond donors (Lipinski definition) is 2. The molecule has 4 nitrogen and oxygen atoms in total. The molecule has 3 N–H and O–H groups in total. The third-order valence-corrected chi connectivity index (χ3v) is 3.16. The topological polar surface area (TPSA) is 55.9 Å². The molecule has 2 rings (SSSR count). The van der Waals surface area contributed by atoms with Gasteiger partial charge in [-0.3, -0.25) is 0 Å². The summed E-state index contributed by atoms with van der Waals surface area (Å²) in [5.74, 6) is 0. The number of aromatic nitrogens is 2. The summed E-state index contributed by atoms with van der Waals surface area (Å²) in [6.45, 7) is 4.02. The maximum Gasteiger partial charge on any atom is 0.0955 e. The van der Waals surface area contributed by atoms with E-state index in [1.54, 1.807) is 0 Å². The third-order valence-electron chi connectivity index (χ3n) is 3.16. The molecule has 1 atom stereocenters. The maximum absolute atomic E-state index is 5.70. The SMILES string of the molecule is CC(N)CCNCCc1ccc2c(c1)ncn2C. The van der Waals surface area contributed by atoms with Crippen molar-refractivity contribution in [2.24, 2.45) is 12.8 Å². The van der Waals surface area contributed by atoms with E-state index in [4.69, 9.17) is 5.73 Å². The van der Waals surface area contributed by atoms with Crippen molar-refractivity contribution >= 4 is 11.0 Å². The quantitative estimate of drug-likeness (QED) is 0.758. The van der Waals surface area contributed by atoms with Crippen molar-refractivity contribution < 1.29 is 0 Å². The Hall–Kier alpha value is -1.39. The first kappa shape index (κ1) is 13.1. The normalized spacial score (nSPS) is 13.1. The van der Waals surface area contributed by atoms with Gasteiger partial charge in [-0.25, -0.2) is 4.98 Å². The van der Waals surface area contributed by atoms with E-state index in [0.717, 1.165) is 31.4 Å². The second kappa shape index (κ2) is 5.98. The lowest BCUT2D eigenvalue weighted by molar-refractivity contribution is 0.590. The Morgan fingerprint density at radius 2 is 2.22 bits per heavy atom. The lowest BCUT2D eigenvalue weighted by Crippen LogP contribution is -2.25. The molecule has 4 heteroatoms. The number of nitrogens with zero attached hydrogens (tertiary/aromatic N) is 2. The van der Waals surface area contributed by atoms with Crippen LogP contribution in [0.2, 0.25) is 0 Å². The van der Waals surface area contributed by atoms with Crippen molar-refractivity contribution in [2.75, 3.05) is 13.1 Å². The fourth-order valence-electron chi connectivity index (χ4n) is 2.02. The molecule has 0 bridgehead atoms. The predicted molar refractivity (Wildman–Crippen MR) is 75.6 cm³/mol. The highest BCUT2D eigenvalue weighted by atomic mass is 15.0. The number of nitrogens with two attached hydrogens (primary N) is 1. The van der Waals surface area contributed by atoms with Crippen LogP contribution in [0.1, 0.15) is 18.9 Å². The second-order valence-corrected chi connectivity index (χ2v) is 4.94. The largest absolute Gasteiger partial charge is 0.334 e. The maximum atomic E-state index is 5.70. The molecule has 1 unspecified atom stereocenters. The molecule has 0 amide bonds. The van der Waals surface area contributed by atoms with Crippen LogP contribution < -0.4 is 11.1 Å². The summed E-state index contributed by atoms with van der Waals surface area (Å²) in [7, 11) is 2.02. The molecule has 0 saturated heterocycles. The number of aryl methyl sites for hydroxylation is 1. The van der Waals surface area contributed by atoms with E-state index in [2.05, 4.69) is 28.5 Å². The zero-order chi connectivity index (χ0) is 13.0. The molecular formula is C14H22N4. The van der Waals surface area contributed by atoms with Crippen molar-refractivity contribution in [3.8, 4) is 0 Å². The monoisotopic (exact) mass is 246 g/mol. The lowest BCUT2D eigenvalue weighted by Gasteiger charge is -2.07.